The number of halogens is 1. The number of amides is 1. The van der Waals surface area contributed by atoms with E-state index in [4.69, 9.17) is 16.3 Å². The molecular weight excluding hydrogens is 454 g/mol. The molecule has 31 heavy (non-hydrogen) atoms. The lowest BCUT2D eigenvalue weighted by molar-refractivity contribution is -0.113. The lowest BCUT2D eigenvalue weighted by Crippen LogP contribution is -2.22. The van der Waals surface area contributed by atoms with Crippen LogP contribution in [0.4, 0.5) is 5.69 Å². The van der Waals surface area contributed by atoms with Crippen LogP contribution in [0.25, 0.3) is 15.9 Å². The summed E-state index contributed by atoms with van der Waals surface area (Å²) in [4.78, 5) is 30.2. The van der Waals surface area contributed by atoms with Crippen LogP contribution < -0.4 is 15.6 Å². The van der Waals surface area contributed by atoms with Gasteiger partial charge in [-0.05, 0) is 54.8 Å². The Labute approximate surface area is 191 Å². The van der Waals surface area contributed by atoms with Crippen molar-refractivity contribution < 1.29 is 9.53 Å². The first-order chi connectivity index (χ1) is 15.1. The van der Waals surface area contributed by atoms with Gasteiger partial charge in [-0.3, -0.25) is 14.2 Å². The van der Waals surface area contributed by atoms with Gasteiger partial charge in [0.1, 0.15) is 10.4 Å². The molecule has 0 aliphatic carbocycles. The number of para-hydroxylation sites is 1. The lowest BCUT2D eigenvalue weighted by atomic mass is 10.3. The van der Waals surface area contributed by atoms with E-state index in [2.05, 4.69) is 10.3 Å². The molecule has 6 nitrogen and oxygen atoms in total. The van der Waals surface area contributed by atoms with Crippen LogP contribution in [-0.4, -0.2) is 27.8 Å². The summed E-state index contributed by atoms with van der Waals surface area (Å²) in [5.74, 6) is 0.617. The SMILES string of the molecule is CCOc1ccc(NC(=O)CSc2nc3ccsc3c(=O)n2-c2ccccc2Cl)cc1. The van der Waals surface area contributed by atoms with Crippen molar-refractivity contribution in [1.82, 2.24) is 9.55 Å². The molecule has 0 spiro atoms. The van der Waals surface area contributed by atoms with Gasteiger partial charge in [0.25, 0.3) is 5.56 Å². The molecule has 2 heterocycles. The van der Waals surface area contributed by atoms with E-state index >= 15 is 0 Å². The van der Waals surface area contributed by atoms with Gasteiger partial charge in [-0.1, -0.05) is 35.5 Å². The Kier molecular flexibility index (Phi) is 6.60. The molecule has 158 valence electrons. The van der Waals surface area contributed by atoms with Gasteiger partial charge in [-0.2, -0.15) is 0 Å². The maximum Gasteiger partial charge on any atom is 0.276 e. The molecule has 0 unspecified atom stereocenters. The quantitative estimate of drug-likeness (QED) is 0.295. The van der Waals surface area contributed by atoms with Crippen LogP contribution in [0.5, 0.6) is 5.75 Å². The third kappa shape index (κ3) is 4.76. The summed E-state index contributed by atoms with van der Waals surface area (Å²) < 4.78 is 7.42. The molecule has 0 radical (unpaired) electrons. The number of thioether (sulfide) groups is 1. The number of hydrogen-bond donors (Lipinski definition) is 1. The Hall–Kier alpha value is -2.81. The molecule has 1 N–H and O–H groups in total. The van der Waals surface area contributed by atoms with Crippen molar-refractivity contribution in [1.29, 1.82) is 0 Å². The van der Waals surface area contributed by atoms with E-state index in [-0.39, 0.29) is 17.2 Å². The molecule has 0 saturated heterocycles. The summed E-state index contributed by atoms with van der Waals surface area (Å²) in [5, 5.41) is 5.51. The van der Waals surface area contributed by atoms with Crippen molar-refractivity contribution in [3.63, 3.8) is 0 Å². The zero-order valence-corrected chi connectivity index (χ0v) is 18.9. The van der Waals surface area contributed by atoms with E-state index < -0.39 is 0 Å². The highest BCUT2D eigenvalue weighted by atomic mass is 35.5. The maximum atomic E-state index is 13.1. The lowest BCUT2D eigenvalue weighted by Gasteiger charge is -2.13. The standard InChI is InChI=1S/C22H18ClN3O3S2/c1-2-29-15-9-7-14(8-10-15)24-19(27)13-31-22-25-17-11-12-30-20(17)21(28)26(22)18-6-4-3-5-16(18)23/h3-12H,2,13H2,1H3,(H,24,27). The minimum atomic E-state index is -0.209. The highest BCUT2D eigenvalue weighted by Crippen LogP contribution is 2.27. The Balaban J connectivity index is 1.58. The highest BCUT2D eigenvalue weighted by molar-refractivity contribution is 7.99. The number of rotatable bonds is 7. The highest BCUT2D eigenvalue weighted by Gasteiger charge is 2.17. The number of thiophene rings is 1. The minimum absolute atomic E-state index is 0.0831. The first-order valence-corrected chi connectivity index (χ1v) is 11.7. The Morgan fingerprint density at radius 1 is 1.19 bits per heavy atom. The molecule has 4 aromatic rings. The predicted octanol–water partition coefficient (Wildman–Crippen LogP) is 5.23. The molecule has 1 amide bonds. The number of benzene rings is 2. The second kappa shape index (κ2) is 9.55. The van der Waals surface area contributed by atoms with Crippen molar-refractivity contribution >= 4 is 56.5 Å². The monoisotopic (exact) mass is 471 g/mol. The Morgan fingerprint density at radius 2 is 1.97 bits per heavy atom. The molecule has 9 heteroatoms. The number of nitrogens with one attached hydrogen (secondary N) is 1. The van der Waals surface area contributed by atoms with Crippen LogP contribution in [0.1, 0.15) is 6.92 Å². The average molecular weight is 472 g/mol. The Morgan fingerprint density at radius 3 is 2.71 bits per heavy atom. The van der Waals surface area contributed by atoms with E-state index in [1.807, 2.05) is 12.3 Å². The van der Waals surface area contributed by atoms with Gasteiger partial charge in [0.2, 0.25) is 5.91 Å². The molecule has 0 atom stereocenters. The maximum absolute atomic E-state index is 13.1. The van der Waals surface area contributed by atoms with Crippen LogP contribution in [0.2, 0.25) is 5.02 Å². The number of carbonyl (C=O) groups excluding carboxylic acids is 1. The van der Waals surface area contributed by atoms with Crippen LogP contribution in [0.3, 0.4) is 0 Å². The van der Waals surface area contributed by atoms with Gasteiger partial charge in [0.15, 0.2) is 5.16 Å². The molecular formula is C22H18ClN3O3S2. The largest absolute Gasteiger partial charge is 0.494 e. The van der Waals surface area contributed by atoms with E-state index in [1.165, 1.54) is 27.7 Å². The van der Waals surface area contributed by atoms with Gasteiger partial charge in [-0.25, -0.2) is 4.98 Å². The summed E-state index contributed by atoms with van der Waals surface area (Å²) in [5.41, 5.74) is 1.60. The van der Waals surface area contributed by atoms with Crippen LogP contribution in [-0.2, 0) is 4.79 Å². The van der Waals surface area contributed by atoms with Crippen LogP contribution in [0, 0.1) is 0 Å². The van der Waals surface area contributed by atoms with Gasteiger partial charge in [0, 0.05) is 5.69 Å². The number of aromatic nitrogens is 2. The smallest absolute Gasteiger partial charge is 0.276 e. The molecule has 0 fully saturated rings. The van der Waals surface area contributed by atoms with Crippen molar-refractivity contribution in [3.05, 3.63) is 75.4 Å². The third-order valence-corrected chi connectivity index (χ3v) is 6.47. The first-order valence-electron chi connectivity index (χ1n) is 9.47. The van der Waals surface area contributed by atoms with E-state index in [0.717, 1.165) is 5.75 Å². The third-order valence-electron chi connectivity index (χ3n) is 4.32. The number of ether oxygens (including phenoxy) is 1. The van der Waals surface area contributed by atoms with Crippen molar-refractivity contribution in [2.24, 2.45) is 0 Å². The molecule has 0 saturated carbocycles. The van der Waals surface area contributed by atoms with Gasteiger partial charge in [0.05, 0.1) is 28.6 Å². The van der Waals surface area contributed by atoms with Gasteiger partial charge < -0.3 is 10.1 Å². The second-order valence-corrected chi connectivity index (χ2v) is 8.68. The summed E-state index contributed by atoms with van der Waals surface area (Å²) in [6.07, 6.45) is 0. The first kappa shape index (κ1) is 21.4. The van der Waals surface area contributed by atoms with Gasteiger partial charge in [-0.15, -0.1) is 11.3 Å². The number of anilines is 1. The van der Waals surface area contributed by atoms with E-state index in [9.17, 15) is 9.59 Å². The van der Waals surface area contributed by atoms with Crippen molar-refractivity contribution in [2.75, 3.05) is 17.7 Å². The zero-order chi connectivity index (χ0) is 21.8. The van der Waals surface area contributed by atoms with Crippen molar-refractivity contribution in [2.45, 2.75) is 12.1 Å². The number of nitrogens with zero attached hydrogens (tertiary/aromatic N) is 2. The van der Waals surface area contributed by atoms with Gasteiger partial charge >= 0.3 is 0 Å². The van der Waals surface area contributed by atoms with Crippen LogP contribution in [0.15, 0.2) is 69.9 Å². The van der Waals surface area contributed by atoms with E-state index in [1.54, 1.807) is 54.6 Å². The summed E-state index contributed by atoms with van der Waals surface area (Å²) in [6.45, 7) is 2.49. The molecule has 0 bridgehead atoms. The normalized spacial score (nSPS) is 10.9. The topological polar surface area (TPSA) is 73.2 Å². The summed E-state index contributed by atoms with van der Waals surface area (Å²) in [7, 11) is 0. The average Bonchev–Trinajstić information content (AvgIpc) is 3.24. The molecule has 0 aliphatic heterocycles. The fraction of sp³-hybridized carbons (Fsp3) is 0.136. The van der Waals surface area contributed by atoms with E-state index in [0.29, 0.717) is 38.4 Å². The number of carbonyl (C=O) groups is 1. The number of fused-ring (bicyclic) bond motifs is 1. The molecule has 0 aliphatic rings. The summed E-state index contributed by atoms with van der Waals surface area (Å²) >= 11 is 8.86. The fourth-order valence-corrected chi connectivity index (χ4v) is 4.75. The van der Waals surface area contributed by atoms with Crippen molar-refractivity contribution in [3.8, 4) is 11.4 Å². The predicted molar refractivity (Wildman–Crippen MR) is 127 cm³/mol. The fourth-order valence-electron chi connectivity index (χ4n) is 2.96. The minimum Gasteiger partial charge on any atom is -0.494 e. The second-order valence-electron chi connectivity index (χ2n) is 6.42. The van der Waals surface area contributed by atoms with Crippen LogP contribution >= 0.6 is 34.7 Å². The number of hydrogen-bond acceptors (Lipinski definition) is 6. The molecule has 4 rings (SSSR count). The molecule has 2 aromatic heterocycles. The Bertz CT molecular complexity index is 1290. The molecule has 2 aromatic carbocycles. The zero-order valence-electron chi connectivity index (χ0n) is 16.5. The summed E-state index contributed by atoms with van der Waals surface area (Å²) in [6, 6.07) is 16.0.